The van der Waals surface area contributed by atoms with E-state index in [-0.39, 0.29) is 6.54 Å². The number of alkyl halides is 3. The van der Waals surface area contributed by atoms with E-state index in [1.54, 1.807) is 13.2 Å². The van der Waals surface area contributed by atoms with Gasteiger partial charge < -0.3 is 15.3 Å². The number of nitrogens with one attached hydrogen (secondary N) is 1. The van der Waals surface area contributed by atoms with Crippen LogP contribution in [0.25, 0.3) is 0 Å². The van der Waals surface area contributed by atoms with E-state index in [1.165, 1.54) is 23.2 Å². The molecule has 0 aliphatic carbocycles. The fourth-order valence-electron chi connectivity index (χ4n) is 1.45. The number of carbonyl (C=O) groups is 2. The van der Waals surface area contributed by atoms with Crippen molar-refractivity contribution in [3.8, 4) is 0 Å². The zero-order chi connectivity index (χ0) is 16.4. The van der Waals surface area contributed by atoms with Crippen molar-refractivity contribution in [3.63, 3.8) is 0 Å². The van der Waals surface area contributed by atoms with Crippen molar-refractivity contribution < 1.29 is 27.9 Å². The Kier molecular flexibility index (Phi) is 4.49. The molecule has 1 aromatic heterocycles. The summed E-state index contributed by atoms with van der Waals surface area (Å²) in [5.41, 5.74) is -2.76. The minimum atomic E-state index is -5.12. The van der Waals surface area contributed by atoms with Gasteiger partial charge in [0.2, 0.25) is 5.54 Å². The third-order valence-electron chi connectivity index (χ3n) is 2.88. The molecule has 0 saturated carbocycles. The summed E-state index contributed by atoms with van der Waals surface area (Å²) in [7, 11) is 2.90. The first-order chi connectivity index (χ1) is 9.47. The van der Waals surface area contributed by atoms with E-state index in [9.17, 15) is 22.8 Å². The van der Waals surface area contributed by atoms with E-state index in [0.29, 0.717) is 12.5 Å². The number of hydrogen-bond acceptors (Lipinski definition) is 3. The lowest BCUT2D eigenvalue weighted by atomic mass is 10.0. The van der Waals surface area contributed by atoms with Crippen LogP contribution in [-0.2, 0) is 18.4 Å². The SMILES string of the molecule is CN(Cc1cnn(C)c1)C(=O)NC(C)(C(=O)O)C(F)(F)F. The Hall–Kier alpha value is -2.26. The molecule has 2 amide bonds. The Bertz CT molecular complexity index is 543. The molecule has 0 bridgehead atoms. The third-order valence-corrected chi connectivity index (χ3v) is 2.88. The second-order valence-electron chi connectivity index (χ2n) is 4.74. The van der Waals surface area contributed by atoms with Crippen LogP contribution in [0.1, 0.15) is 12.5 Å². The molecule has 21 heavy (non-hydrogen) atoms. The van der Waals surface area contributed by atoms with Gasteiger partial charge in [-0.2, -0.15) is 18.3 Å². The number of carbonyl (C=O) groups excluding carboxylic acids is 1. The highest BCUT2D eigenvalue weighted by Gasteiger charge is 2.58. The highest BCUT2D eigenvalue weighted by atomic mass is 19.4. The molecular formula is C11H15F3N4O3. The van der Waals surface area contributed by atoms with E-state index in [1.807, 2.05) is 0 Å². The molecule has 1 aromatic rings. The summed E-state index contributed by atoms with van der Waals surface area (Å²) in [6, 6.07) is -1.15. The number of carboxylic acid groups (broad SMARTS) is 1. The summed E-state index contributed by atoms with van der Waals surface area (Å²) in [4.78, 5) is 23.5. The summed E-state index contributed by atoms with van der Waals surface area (Å²) < 4.78 is 39.8. The van der Waals surface area contributed by atoms with Gasteiger partial charge in [0.1, 0.15) is 0 Å². The van der Waals surface area contributed by atoms with Crippen molar-refractivity contribution in [1.29, 1.82) is 0 Å². The average molecular weight is 308 g/mol. The predicted octanol–water partition coefficient (Wildman–Crippen LogP) is 0.967. The van der Waals surface area contributed by atoms with Crippen LogP contribution in [0, 0.1) is 0 Å². The third kappa shape index (κ3) is 3.64. The van der Waals surface area contributed by atoms with Gasteiger partial charge >= 0.3 is 18.2 Å². The minimum absolute atomic E-state index is 0.00672. The zero-order valence-corrected chi connectivity index (χ0v) is 11.6. The normalized spacial score (nSPS) is 14.4. The molecule has 2 N–H and O–H groups in total. The molecule has 1 unspecified atom stereocenters. The second kappa shape index (κ2) is 5.62. The van der Waals surface area contributed by atoms with E-state index >= 15 is 0 Å². The molecule has 0 spiro atoms. The number of aryl methyl sites for hydroxylation is 1. The number of amides is 2. The zero-order valence-electron chi connectivity index (χ0n) is 11.6. The maximum Gasteiger partial charge on any atom is 0.422 e. The van der Waals surface area contributed by atoms with E-state index in [4.69, 9.17) is 5.11 Å². The Morgan fingerprint density at radius 3 is 2.43 bits per heavy atom. The van der Waals surface area contributed by atoms with Crippen molar-refractivity contribution in [1.82, 2.24) is 20.0 Å². The molecule has 0 fully saturated rings. The Morgan fingerprint density at radius 2 is 2.05 bits per heavy atom. The van der Waals surface area contributed by atoms with Gasteiger partial charge in [-0.05, 0) is 6.92 Å². The minimum Gasteiger partial charge on any atom is -0.479 e. The van der Waals surface area contributed by atoms with Gasteiger partial charge in [0.15, 0.2) is 0 Å². The number of urea groups is 1. The first-order valence-electron chi connectivity index (χ1n) is 5.78. The lowest BCUT2D eigenvalue weighted by Crippen LogP contribution is -2.63. The van der Waals surface area contributed by atoms with Crippen LogP contribution in [0.4, 0.5) is 18.0 Å². The molecule has 1 rings (SSSR count). The monoisotopic (exact) mass is 308 g/mol. The lowest BCUT2D eigenvalue weighted by molar-refractivity contribution is -0.203. The summed E-state index contributed by atoms with van der Waals surface area (Å²) in [5.74, 6) is -2.18. The van der Waals surface area contributed by atoms with Crippen molar-refractivity contribution in [2.75, 3.05) is 7.05 Å². The lowest BCUT2D eigenvalue weighted by Gasteiger charge is -2.30. The summed E-state index contributed by atoms with van der Waals surface area (Å²) in [6.07, 6.45) is -2.09. The summed E-state index contributed by atoms with van der Waals surface area (Å²) >= 11 is 0. The second-order valence-corrected chi connectivity index (χ2v) is 4.74. The number of hydrogen-bond donors (Lipinski definition) is 2. The molecule has 0 aliphatic rings. The molecule has 0 saturated heterocycles. The molecule has 0 aromatic carbocycles. The van der Waals surface area contributed by atoms with Crippen LogP contribution < -0.4 is 5.32 Å². The fraction of sp³-hybridized carbons (Fsp3) is 0.545. The molecule has 0 radical (unpaired) electrons. The van der Waals surface area contributed by atoms with Gasteiger partial charge in [-0.15, -0.1) is 0 Å². The predicted molar refractivity (Wildman–Crippen MR) is 65.3 cm³/mol. The Morgan fingerprint density at radius 1 is 1.48 bits per heavy atom. The van der Waals surface area contributed by atoms with E-state index in [2.05, 4.69) is 5.10 Å². The van der Waals surface area contributed by atoms with Gasteiger partial charge in [-0.25, -0.2) is 9.59 Å². The largest absolute Gasteiger partial charge is 0.479 e. The molecule has 0 aliphatic heterocycles. The van der Waals surface area contributed by atoms with Crippen LogP contribution in [-0.4, -0.2) is 50.6 Å². The van der Waals surface area contributed by atoms with Gasteiger partial charge in [0, 0.05) is 25.9 Å². The van der Waals surface area contributed by atoms with Crippen molar-refractivity contribution in [2.24, 2.45) is 7.05 Å². The first kappa shape index (κ1) is 16.8. The van der Waals surface area contributed by atoms with Crippen LogP contribution in [0.5, 0.6) is 0 Å². The van der Waals surface area contributed by atoms with E-state index in [0.717, 1.165) is 4.90 Å². The summed E-state index contributed by atoms with van der Waals surface area (Å²) in [5, 5.41) is 14.1. The molecule has 1 heterocycles. The highest BCUT2D eigenvalue weighted by molar-refractivity contribution is 5.86. The topological polar surface area (TPSA) is 87.5 Å². The van der Waals surface area contributed by atoms with Crippen LogP contribution in [0.15, 0.2) is 12.4 Å². The Balaban J connectivity index is 2.80. The fourth-order valence-corrected chi connectivity index (χ4v) is 1.45. The highest BCUT2D eigenvalue weighted by Crippen LogP contribution is 2.30. The quantitative estimate of drug-likeness (QED) is 0.867. The van der Waals surface area contributed by atoms with Gasteiger partial charge in [-0.3, -0.25) is 4.68 Å². The van der Waals surface area contributed by atoms with Gasteiger partial charge in [-0.1, -0.05) is 0 Å². The smallest absolute Gasteiger partial charge is 0.422 e. The first-order valence-corrected chi connectivity index (χ1v) is 5.78. The number of aliphatic carboxylic acids is 1. The Labute approximate surface area is 118 Å². The standard InChI is InChI=1S/C11H15F3N4O3/c1-10(8(19)20,11(12,13)14)16-9(21)17(2)5-7-4-15-18(3)6-7/h4,6H,5H2,1-3H3,(H,16,21)(H,19,20). The maximum atomic E-state index is 12.8. The average Bonchev–Trinajstić information content (AvgIpc) is 2.72. The number of rotatable bonds is 4. The molecule has 10 heteroatoms. The van der Waals surface area contributed by atoms with Gasteiger partial charge in [0.05, 0.1) is 12.7 Å². The molecule has 7 nitrogen and oxygen atoms in total. The molecule has 118 valence electrons. The van der Waals surface area contributed by atoms with Crippen molar-refractivity contribution >= 4 is 12.0 Å². The maximum absolute atomic E-state index is 12.8. The van der Waals surface area contributed by atoms with Crippen LogP contribution in [0.2, 0.25) is 0 Å². The number of halogens is 3. The van der Waals surface area contributed by atoms with E-state index < -0.39 is 23.7 Å². The van der Waals surface area contributed by atoms with Crippen molar-refractivity contribution in [2.45, 2.75) is 25.2 Å². The number of nitrogens with zero attached hydrogens (tertiary/aromatic N) is 3. The molecular weight excluding hydrogens is 293 g/mol. The van der Waals surface area contributed by atoms with Crippen molar-refractivity contribution in [3.05, 3.63) is 18.0 Å². The van der Waals surface area contributed by atoms with Crippen LogP contribution >= 0.6 is 0 Å². The molecule has 1 atom stereocenters. The summed E-state index contributed by atoms with van der Waals surface area (Å²) in [6.45, 7) is 0.387. The van der Waals surface area contributed by atoms with Crippen LogP contribution in [0.3, 0.4) is 0 Å². The number of carboxylic acids is 1. The van der Waals surface area contributed by atoms with Gasteiger partial charge in [0.25, 0.3) is 0 Å². The number of aromatic nitrogens is 2.